The molecule has 3 heteroatoms. The number of unbranched alkanes of at least 4 members (excludes halogenated alkanes) is 16. The van der Waals surface area contributed by atoms with Gasteiger partial charge in [-0.3, -0.25) is 0 Å². The minimum atomic E-state index is -0.902. The van der Waals surface area contributed by atoms with Crippen molar-refractivity contribution < 1.29 is 39.5 Å². The molecule has 0 fully saturated rings. The fourth-order valence-electron chi connectivity index (χ4n) is 2.99. The van der Waals surface area contributed by atoms with Gasteiger partial charge in [0.15, 0.2) is 0 Å². The van der Waals surface area contributed by atoms with Gasteiger partial charge in [-0.1, -0.05) is 110 Å². The Morgan fingerprint density at radius 1 is 0.565 bits per heavy atom. The van der Waals surface area contributed by atoms with Gasteiger partial charge in [-0.15, -0.1) is 0 Å². The third-order valence-corrected chi connectivity index (χ3v) is 4.48. The zero-order valence-corrected chi connectivity index (χ0v) is 18.0. The van der Waals surface area contributed by atoms with Gasteiger partial charge < -0.3 is 9.90 Å². The first kappa shape index (κ1) is 25.7. The number of aliphatic carboxylic acids is 1. The number of carbonyl (C=O) groups is 1. The quantitative estimate of drug-likeness (QED) is 0.286. The second-order valence-electron chi connectivity index (χ2n) is 6.78. The molecular formula is C20H39NaO2. The Kier molecular flexibility index (Phi) is 25.1. The van der Waals surface area contributed by atoms with Crippen LogP contribution in [0.2, 0.25) is 0 Å². The predicted octanol–water partition coefficient (Wildman–Crippen LogP) is 2.78. The van der Waals surface area contributed by atoms with Crippen molar-refractivity contribution in [2.75, 3.05) is 0 Å². The van der Waals surface area contributed by atoms with Gasteiger partial charge in [-0.25, -0.2) is 0 Å². The van der Waals surface area contributed by atoms with Crippen molar-refractivity contribution in [3.8, 4) is 0 Å². The second-order valence-corrected chi connectivity index (χ2v) is 6.78. The van der Waals surface area contributed by atoms with Crippen molar-refractivity contribution in [1.82, 2.24) is 0 Å². The summed E-state index contributed by atoms with van der Waals surface area (Å²) in [6.07, 6.45) is 22.8. The molecule has 0 unspecified atom stereocenters. The molecule has 0 atom stereocenters. The van der Waals surface area contributed by atoms with Crippen LogP contribution in [0.15, 0.2) is 0 Å². The van der Waals surface area contributed by atoms with Crippen LogP contribution in [0.4, 0.5) is 0 Å². The number of carboxylic acid groups (broad SMARTS) is 1. The molecule has 0 amide bonds. The standard InChI is InChI=1S/C20H40O2.Na/c1-2-3-4-5-6-7-8-9-10-11-12-13-14-15-16-17-18-19-20(21)22;/h2-19H2,1H3,(H,21,22);/q;+1/p-1. The Morgan fingerprint density at radius 2 is 0.826 bits per heavy atom. The number of hydrogen-bond acceptors (Lipinski definition) is 2. The number of rotatable bonds is 18. The maximum absolute atomic E-state index is 10.2. The molecule has 0 aromatic heterocycles. The summed E-state index contributed by atoms with van der Waals surface area (Å²) in [6, 6.07) is 0. The van der Waals surface area contributed by atoms with E-state index in [1.165, 1.54) is 96.3 Å². The molecule has 0 aromatic rings. The summed E-state index contributed by atoms with van der Waals surface area (Å²) in [5.74, 6) is -0.902. The van der Waals surface area contributed by atoms with Gasteiger partial charge in [0.25, 0.3) is 0 Å². The van der Waals surface area contributed by atoms with Crippen molar-refractivity contribution in [2.45, 2.75) is 122 Å². The van der Waals surface area contributed by atoms with Gasteiger partial charge in [0, 0.05) is 5.97 Å². The van der Waals surface area contributed by atoms with Crippen LogP contribution in [-0.2, 0) is 4.79 Å². The summed E-state index contributed by atoms with van der Waals surface area (Å²) in [5.41, 5.74) is 0. The van der Waals surface area contributed by atoms with E-state index in [0.717, 1.165) is 12.8 Å². The normalized spacial score (nSPS) is 10.5. The van der Waals surface area contributed by atoms with Crippen LogP contribution in [-0.4, -0.2) is 5.97 Å². The van der Waals surface area contributed by atoms with E-state index in [2.05, 4.69) is 6.92 Å². The average molecular weight is 335 g/mol. The zero-order chi connectivity index (χ0) is 16.3. The number of carbonyl (C=O) groups excluding carboxylic acids is 1. The van der Waals surface area contributed by atoms with Gasteiger partial charge in [0.2, 0.25) is 0 Å². The van der Waals surface area contributed by atoms with E-state index in [1.54, 1.807) is 0 Å². The summed E-state index contributed by atoms with van der Waals surface area (Å²) in [6.45, 7) is 2.27. The van der Waals surface area contributed by atoms with Crippen molar-refractivity contribution in [3.63, 3.8) is 0 Å². The van der Waals surface area contributed by atoms with Crippen LogP contribution in [0.1, 0.15) is 122 Å². The van der Waals surface area contributed by atoms with E-state index in [4.69, 9.17) is 0 Å². The van der Waals surface area contributed by atoms with Gasteiger partial charge in [-0.2, -0.15) is 0 Å². The van der Waals surface area contributed by atoms with E-state index in [0.29, 0.717) is 0 Å². The molecule has 0 aliphatic carbocycles. The Labute approximate surface area is 167 Å². The largest absolute Gasteiger partial charge is 1.00 e. The molecule has 0 aliphatic heterocycles. The fraction of sp³-hybridized carbons (Fsp3) is 0.950. The summed E-state index contributed by atoms with van der Waals surface area (Å²) in [5, 5.41) is 10.2. The molecule has 0 saturated carbocycles. The number of hydrogen-bond donors (Lipinski definition) is 0. The van der Waals surface area contributed by atoms with Crippen molar-refractivity contribution in [1.29, 1.82) is 0 Å². The van der Waals surface area contributed by atoms with Gasteiger partial charge in [0.05, 0.1) is 0 Å². The first-order valence-electron chi connectivity index (χ1n) is 9.97. The van der Waals surface area contributed by atoms with E-state index in [1.807, 2.05) is 0 Å². The molecule has 0 heterocycles. The molecule has 0 N–H and O–H groups in total. The van der Waals surface area contributed by atoms with Crippen LogP contribution in [0.25, 0.3) is 0 Å². The Balaban J connectivity index is 0. The third kappa shape index (κ3) is 24.8. The SMILES string of the molecule is CCCCCCCCCCCCCCCCCCCC(=O)[O-].[Na+]. The molecule has 23 heavy (non-hydrogen) atoms. The Hall–Kier alpha value is 0.470. The predicted molar refractivity (Wildman–Crippen MR) is 93.8 cm³/mol. The first-order chi connectivity index (χ1) is 10.8. The van der Waals surface area contributed by atoms with Crippen molar-refractivity contribution >= 4 is 5.97 Å². The maximum atomic E-state index is 10.2. The Bertz CT molecular complexity index is 232. The Morgan fingerprint density at radius 3 is 1.09 bits per heavy atom. The smallest absolute Gasteiger partial charge is 0.550 e. The monoisotopic (exact) mass is 334 g/mol. The maximum Gasteiger partial charge on any atom is 1.00 e. The molecule has 0 aliphatic rings. The van der Waals surface area contributed by atoms with Gasteiger partial charge >= 0.3 is 29.6 Å². The van der Waals surface area contributed by atoms with Crippen LogP contribution >= 0.6 is 0 Å². The average Bonchev–Trinajstić information content (AvgIpc) is 2.50. The van der Waals surface area contributed by atoms with Crippen molar-refractivity contribution in [2.24, 2.45) is 0 Å². The molecule has 2 nitrogen and oxygen atoms in total. The molecule has 0 rings (SSSR count). The van der Waals surface area contributed by atoms with Gasteiger partial charge in [0.1, 0.15) is 0 Å². The van der Waals surface area contributed by atoms with E-state index in [-0.39, 0.29) is 36.0 Å². The summed E-state index contributed by atoms with van der Waals surface area (Å²) < 4.78 is 0. The van der Waals surface area contributed by atoms with Crippen LogP contribution in [0.3, 0.4) is 0 Å². The molecule has 0 saturated heterocycles. The minimum Gasteiger partial charge on any atom is -0.550 e. The number of carboxylic acids is 1. The molecule has 0 radical (unpaired) electrons. The van der Waals surface area contributed by atoms with Gasteiger partial charge in [-0.05, 0) is 12.8 Å². The van der Waals surface area contributed by atoms with E-state index in [9.17, 15) is 9.90 Å². The first-order valence-corrected chi connectivity index (χ1v) is 9.97. The topological polar surface area (TPSA) is 40.1 Å². The van der Waals surface area contributed by atoms with E-state index < -0.39 is 5.97 Å². The van der Waals surface area contributed by atoms with E-state index >= 15 is 0 Å². The third-order valence-electron chi connectivity index (χ3n) is 4.48. The summed E-state index contributed by atoms with van der Waals surface area (Å²) in [7, 11) is 0. The molecule has 132 valence electrons. The fourth-order valence-corrected chi connectivity index (χ4v) is 2.99. The van der Waals surface area contributed by atoms with Crippen LogP contribution in [0.5, 0.6) is 0 Å². The molecule has 0 spiro atoms. The second kappa shape index (κ2) is 22.5. The van der Waals surface area contributed by atoms with Crippen LogP contribution < -0.4 is 34.7 Å². The molecular weight excluding hydrogens is 295 g/mol. The van der Waals surface area contributed by atoms with Crippen molar-refractivity contribution in [3.05, 3.63) is 0 Å². The minimum absolute atomic E-state index is 0. The molecule has 0 aromatic carbocycles. The molecule has 0 bridgehead atoms. The zero-order valence-electron chi connectivity index (χ0n) is 16.0. The summed E-state index contributed by atoms with van der Waals surface area (Å²) >= 11 is 0. The van der Waals surface area contributed by atoms with Crippen LogP contribution in [0, 0.1) is 0 Å². The summed E-state index contributed by atoms with van der Waals surface area (Å²) in [4.78, 5) is 10.2.